The molecule has 0 amide bonds. The van der Waals surface area contributed by atoms with E-state index in [1.807, 2.05) is 0 Å². The number of fused-ring (bicyclic) bond motifs is 1. The highest BCUT2D eigenvalue weighted by atomic mass is 19.4. The maximum absolute atomic E-state index is 13.4. The predicted molar refractivity (Wildman–Crippen MR) is 89.1 cm³/mol. The Kier molecular flexibility index (Phi) is 3.69. The van der Waals surface area contributed by atoms with E-state index in [1.165, 1.54) is 30.3 Å². The van der Waals surface area contributed by atoms with E-state index in [9.17, 15) is 27.6 Å². The third kappa shape index (κ3) is 2.54. The molecule has 2 aromatic carbocycles. The first-order valence-electron chi connectivity index (χ1n) is 8.02. The van der Waals surface area contributed by atoms with Crippen molar-refractivity contribution in [1.82, 2.24) is 13.9 Å². The number of carbonyl (C=O) groups is 1. The topological polar surface area (TPSA) is 66.0 Å². The Morgan fingerprint density at radius 2 is 1.48 bits per heavy atom. The molecule has 9 heteroatoms. The molecule has 0 fully saturated rings. The van der Waals surface area contributed by atoms with E-state index >= 15 is 0 Å². The third-order valence-electron chi connectivity index (χ3n) is 4.51. The van der Waals surface area contributed by atoms with Crippen LogP contribution in [0.3, 0.4) is 0 Å². The largest absolute Gasteiger partial charge is 0.416 e. The summed E-state index contributed by atoms with van der Waals surface area (Å²) in [6.07, 6.45) is -5.05. The quantitative estimate of drug-likeness (QED) is 0.691. The fourth-order valence-electron chi connectivity index (χ4n) is 3.38. The Morgan fingerprint density at radius 3 is 2.15 bits per heavy atom. The van der Waals surface area contributed by atoms with Crippen LogP contribution >= 0.6 is 0 Å². The number of nitrogens with zero attached hydrogens (tertiary/aromatic N) is 3. The van der Waals surface area contributed by atoms with Gasteiger partial charge in [-0.25, -0.2) is 18.8 Å². The Morgan fingerprint density at radius 1 is 0.852 bits per heavy atom. The molecule has 27 heavy (non-hydrogen) atoms. The van der Waals surface area contributed by atoms with E-state index < -0.39 is 41.5 Å². The summed E-state index contributed by atoms with van der Waals surface area (Å²) >= 11 is 0. The smallest absolute Gasteiger partial charge is 0.272 e. The van der Waals surface area contributed by atoms with Crippen molar-refractivity contribution in [2.24, 2.45) is 0 Å². The molecule has 4 rings (SSSR count). The number of hydrogen-bond donors (Lipinski definition) is 0. The predicted octanol–water partition coefficient (Wildman–Crippen LogP) is 2.45. The monoisotopic (exact) mass is 375 g/mol. The molecule has 0 spiro atoms. The normalized spacial score (nSPS) is 16.6. The molecule has 1 aliphatic heterocycles. The van der Waals surface area contributed by atoms with Gasteiger partial charge in [0.2, 0.25) is 0 Å². The molecule has 1 aliphatic rings. The van der Waals surface area contributed by atoms with Gasteiger partial charge in [0.1, 0.15) is 0 Å². The van der Waals surface area contributed by atoms with Crippen LogP contribution in [0.4, 0.5) is 13.2 Å². The summed E-state index contributed by atoms with van der Waals surface area (Å²) < 4.78 is 42.3. The molecule has 138 valence electrons. The van der Waals surface area contributed by atoms with Crippen LogP contribution in [0, 0.1) is 0 Å². The van der Waals surface area contributed by atoms with Crippen molar-refractivity contribution < 1.29 is 18.0 Å². The number of rotatable bonds is 2. The SMILES string of the molecule is O=C1CC(c2ccccc2C(F)(F)F)n2c(=O)n(-c3ccccc3)c(=O)n21. The van der Waals surface area contributed by atoms with Crippen molar-refractivity contribution in [2.75, 3.05) is 0 Å². The first-order chi connectivity index (χ1) is 12.8. The Hall–Kier alpha value is -3.36. The van der Waals surface area contributed by atoms with Crippen molar-refractivity contribution in [3.8, 4) is 5.69 Å². The van der Waals surface area contributed by atoms with Crippen molar-refractivity contribution in [3.63, 3.8) is 0 Å². The minimum Gasteiger partial charge on any atom is -0.272 e. The molecule has 2 heterocycles. The summed E-state index contributed by atoms with van der Waals surface area (Å²) in [4.78, 5) is 37.8. The van der Waals surface area contributed by atoms with E-state index in [1.54, 1.807) is 18.2 Å². The van der Waals surface area contributed by atoms with Crippen LogP contribution in [-0.4, -0.2) is 19.8 Å². The number of aromatic nitrogens is 3. The molecule has 0 aliphatic carbocycles. The van der Waals surface area contributed by atoms with Gasteiger partial charge in [0.25, 0.3) is 5.91 Å². The molecule has 0 bridgehead atoms. The highest BCUT2D eigenvalue weighted by molar-refractivity contribution is 5.81. The first kappa shape index (κ1) is 17.1. The lowest BCUT2D eigenvalue weighted by Crippen LogP contribution is -2.30. The van der Waals surface area contributed by atoms with Crippen LogP contribution in [0.5, 0.6) is 0 Å². The number of carbonyl (C=O) groups excluding carboxylic acids is 1. The molecule has 1 unspecified atom stereocenters. The molecule has 0 radical (unpaired) electrons. The second-order valence-electron chi connectivity index (χ2n) is 6.09. The van der Waals surface area contributed by atoms with E-state index in [-0.39, 0.29) is 11.3 Å². The summed E-state index contributed by atoms with van der Waals surface area (Å²) in [6.45, 7) is 0. The zero-order chi connectivity index (χ0) is 19.3. The molecule has 0 saturated carbocycles. The molecule has 6 nitrogen and oxygen atoms in total. The summed E-state index contributed by atoms with van der Waals surface area (Å²) in [7, 11) is 0. The highest BCUT2D eigenvalue weighted by Gasteiger charge is 2.41. The molecular formula is C18H12F3N3O3. The maximum atomic E-state index is 13.4. The minimum atomic E-state index is -4.65. The van der Waals surface area contributed by atoms with E-state index in [4.69, 9.17) is 0 Å². The summed E-state index contributed by atoms with van der Waals surface area (Å²) in [5.41, 5.74) is -2.69. The number of para-hydroxylation sites is 1. The average molecular weight is 375 g/mol. The Labute approximate surface area is 149 Å². The standard InChI is InChI=1S/C18H12F3N3O3/c19-18(20,21)13-9-5-4-8-12(13)14-10-15(25)24-17(27)22(16(26)23(14)24)11-6-2-1-3-7-11/h1-9,14H,10H2. The lowest BCUT2D eigenvalue weighted by Gasteiger charge is -2.17. The second kappa shape index (κ2) is 5.83. The van der Waals surface area contributed by atoms with Gasteiger partial charge in [0.15, 0.2) is 0 Å². The fourth-order valence-corrected chi connectivity index (χ4v) is 3.38. The van der Waals surface area contributed by atoms with Crippen LogP contribution in [0.15, 0.2) is 64.2 Å². The van der Waals surface area contributed by atoms with Crippen molar-refractivity contribution >= 4 is 5.91 Å². The molecular weight excluding hydrogens is 363 g/mol. The summed E-state index contributed by atoms with van der Waals surface area (Å²) in [6, 6.07) is 11.4. The van der Waals surface area contributed by atoms with Crippen molar-refractivity contribution in [3.05, 3.63) is 86.7 Å². The number of alkyl halides is 3. The van der Waals surface area contributed by atoms with Gasteiger partial charge in [0.05, 0.1) is 23.7 Å². The van der Waals surface area contributed by atoms with Gasteiger partial charge in [0, 0.05) is 0 Å². The van der Waals surface area contributed by atoms with Crippen LogP contribution < -0.4 is 11.4 Å². The Bertz CT molecular complexity index is 1160. The van der Waals surface area contributed by atoms with Crippen molar-refractivity contribution in [2.45, 2.75) is 18.6 Å². The highest BCUT2D eigenvalue weighted by Crippen LogP contribution is 2.37. The van der Waals surface area contributed by atoms with Crippen LogP contribution in [0.1, 0.15) is 28.4 Å². The summed E-state index contributed by atoms with van der Waals surface area (Å²) in [5, 5.41) is 0. The number of halogens is 3. The third-order valence-corrected chi connectivity index (χ3v) is 4.51. The Balaban J connectivity index is 1.97. The van der Waals surface area contributed by atoms with Crippen LogP contribution in [0.25, 0.3) is 5.69 Å². The number of benzene rings is 2. The molecule has 0 saturated heterocycles. The van der Waals surface area contributed by atoms with Gasteiger partial charge in [-0.2, -0.15) is 17.9 Å². The lowest BCUT2D eigenvalue weighted by molar-refractivity contribution is -0.138. The molecule has 3 aromatic rings. The van der Waals surface area contributed by atoms with Crippen LogP contribution in [0.2, 0.25) is 0 Å². The van der Waals surface area contributed by atoms with Crippen LogP contribution in [-0.2, 0) is 6.18 Å². The van der Waals surface area contributed by atoms with Gasteiger partial charge >= 0.3 is 17.6 Å². The molecule has 0 N–H and O–H groups in total. The molecule has 1 aromatic heterocycles. The van der Waals surface area contributed by atoms with E-state index in [2.05, 4.69) is 0 Å². The van der Waals surface area contributed by atoms with Gasteiger partial charge in [-0.15, -0.1) is 0 Å². The minimum absolute atomic E-state index is 0.225. The first-order valence-corrected chi connectivity index (χ1v) is 8.02. The fraction of sp³-hybridized carbons (Fsp3) is 0.167. The van der Waals surface area contributed by atoms with Gasteiger partial charge in [-0.1, -0.05) is 36.4 Å². The van der Waals surface area contributed by atoms with Gasteiger partial charge < -0.3 is 0 Å². The second-order valence-corrected chi connectivity index (χ2v) is 6.09. The van der Waals surface area contributed by atoms with Gasteiger partial charge in [-0.3, -0.25) is 4.79 Å². The van der Waals surface area contributed by atoms with E-state index in [0.29, 0.717) is 4.68 Å². The number of hydrogen-bond acceptors (Lipinski definition) is 3. The van der Waals surface area contributed by atoms with E-state index in [0.717, 1.165) is 15.3 Å². The average Bonchev–Trinajstić information content (AvgIpc) is 3.11. The maximum Gasteiger partial charge on any atom is 0.416 e. The molecule has 1 atom stereocenters. The lowest BCUT2D eigenvalue weighted by atomic mass is 9.98. The summed E-state index contributed by atoms with van der Waals surface area (Å²) in [5.74, 6) is -0.728. The zero-order valence-corrected chi connectivity index (χ0v) is 13.7. The zero-order valence-electron chi connectivity index (χ0n) is 13.7. The van der Waals surface area contributed by atoms with Gasteiger partial charge in [-0.05, 0) is 23.8 Å². The van der Waals surface area contributed by atoms with Crippen molar-refractivity contribution in [1.29, 1.82) is 0 Å².